The van der Waals surface area contributed by atoms with Crippen LogP contribution in [0.5, 0.6) is 0 Å². The minimum absolute atomic E-state index is 0.0322. The number of nitrogens with zero attached hydrogens (tertiary/aromatic N) is 4. The third-order valence-electron chi connectivity index (χ3n) is 5.26. The van der Waals surface area contributed by atoms with E-state index < -0.39 is 14.8 Å². The lowest BCUT2D eigenvalue weighted by atomic mass is 9.86. The van der Waals surface area contributed by atoms with Gasteiger partial charge in [0, 0.05) is 30.3 Å². The number of sulfonamides is 1. The van der Waals surface area contributed by atoms with Crippen LogP contribution in [0.2, 0.25) is 0 Å². The number of tetrazole rings is 1. The van der Waals surface area contributed by atoms with E-state index in [0.29, 0.717) is 37.2 Å². The van der Waals surface area contributed by atoms with E-state index in [1.54, 1.807) is 32.5 Å². The van der Waals surface area contributed by atoms with Gasteiger partial charge in [0.15, 0.2) is 5.82 Å². The van der Waals surface area contributed by atoms with E-state index in [9.17, 15) is 13.2 Å². The van der Waals surface area contributed by atoms with Gasteiger partial charge >= 0.3 is 0 Å². The number of hydrogen-bond acceptors (Lipinski definition) is 6. The van der Waals surface area contributed by atoms with Gasteiger partial charge in [0.05, 0.1) is 4.75 Å². The molecular formula is C19H28N6O3S. The Balaban J connectivity index is 1.53. The Morgan fingerprint density at radius 2 is 1.72 bits per heavy atom. The lowest BCUT2D eigenvalue weighted by Crippen LogP contribution is -2.46. The van der Waals surface area contributed by atoms with Crippen molar-refractivity contribution < 1.29 is 13.2 Å². The van der Waals surface area contributed by atoms with E-state index in [4.69, 9.17) is 0 Å². The number of carbonyl (C=O) groups excluding carboxylic acids is 1. The SMILES string of the molecule is Cn1nnnc1-c1ccc(NC(=O)[C@H]2CC[C@H](NS(=O)(=O)C(C)(C)C)CC2)cc1. The zero-order valence-corrected chi connectivity index (χ0v) is 18.0. The van der Waals surface area contributed by atoms with Crippen LogP contribution in [-0.4, -0.2) is 45.3 Å². The zero-order chi connectivity index (χ0) is 21.2. The van der Waals surface area contributed by atoms with Crippen molar-refractivity contribution in [3.8, 4) is 11.4 Å². The van der Waals surface area contributed by atoms with Crippen LogP contribution in [0.4, 0.5) is 5.69 Å². The van der Waals surface area contributed by atoms with Gasteiger partial charge in [0.2, 0.25) is 15.9 Å². The molecular weight excluding hydrogens is 392 g/mol. The topological polar surface area (TPSA) is 119 Å². The van der Waals surface area contributed by atoms with Crippen LogP contribution in [0.25, 0.3) is 11.4 Å². The lowest BCUT2D eigenvalue weighted by Gasteiger charge is -2.30. The van der Waals surface area contributed by atoms with Crippen LogP contribution in [0.3, 0.4) is 0 Å². The summed E-state index contributed by atoms with van der Waals surface area (Å²) in [7, 11) is -1.61. The van der Waals surface area contributed by atoms with Crippen LogP contribution < -0.4 is 10.0 Å². The number of rotatable bonds is 5. The Bertz CT molecular complexity index is 955. The third-order valence-corrected chi connectivity index (χ3v) is 7.51. The highest BCUT2D eigenvalue weighted by atomic mass is 32.2. The Labute approximate surface area is 171 Å². The highest BCUT2D eigenvalue weighted by Crippen LogP contribution is 2.28. The summed E-state index contributed by atoms with van der Waals surface area (Å²) in [6, 6.07) is 7.26. The fourth-order valence-electron chi connectivity index (χ4n) is 3.29. The molecule has 3 rings (SSSR count). The first-order chi connectivity index (χ1) is 13.6. The van der Waals surface area contributed by atoms with Gasteiger partial charge in [-0.1, -0.05) is 0 Å². The number of aromatic nitrogens is 4. The quantitative estimate of drug-likeness (QED) is 0.764. The molecule has 1 aromatic carbocycles. The maximum atomic E-state index is 12.6. The van der Waals surface area contributed by atoms with Gasteiger partial charge in [-0.3, -0.25) is 4.79 Å². The average Bonchev–Trinajstić information content (AvgIpc) is 3.07. The van der Waals surface area contributed by atoms with Crippen molar-refractivity contribution in [3.05, 3.63) is 24.3 Å². The lowest BCUT2D eigenvalue weighted by molar-refractivity contribution is -0.120. The second kappa shape index (κ2) is 8.19. The molecule has 10 heteroatoms. The van der Waals surface area contributed by atoms with Crippen LogP contribution >= 0.6 is 0 Å². The van der Waals surface area contributed by atoms with Crippen molar-refractivity contribution >= 4 is 21.6 Å². The minimum atomic E-state index is -3.38. The van der Waals surface area contributed by atoms with Crippen molar-refractivity contribution in [2.24, 2.45) is 13.0 Å². The number of carbonyl (C=O) groups is 1. The van der Waals surface area contributed by atoms with E-state index in [1.165, 1.54) is 0 Å². The Morgan fingerprint density at radius 3 is 2.24 bits per heavy atom. The largest absolute Gasteiger partial charge is 0.326 e. The van der Waals surface area contributed by atoms with Gasteiger partial charge in [-0.25, -0.2) is 17.8 Å². The van der Waals surface area contributed by atoms with E-state index in [1.807, 2.05) is 24.3 Å². The number of anilines is 1. The van der Waals surface area contributed by atoms with Gasteiger partial charge in [-0.2, -0.15) is 0 Å². The molecule has 1 amide bonds. The molecule has 158 valence electrons. The summed E-state index contributed by atoms with van der Waals surface area (Å²) in [6.07, 6.45) is 2.63. The van der Waals surface area contributed by atoms with Crippen LogP contribution in [0.1, 0.15) is 46.5 Å². The number of nitrogens with one attached hydrogen (secondary N) is 2. The van der Waals surface area contributed by atoms with E-state index in [2.05, 4.69) is 25.6 Å². The zero-order valence-electron chi connectivity index (χ0n) is 17.2. The van der Waals surface area contributed by atoms with E-state index in [0.717, 1.165) is 5.56 Å². The van der Waals surface area contributed by atoms with Crippen LogP contribution in [0.15, 0.2) is 24.3 Å². The first-order valence-electron chi connectivity index (χ1n) is 9.72. The fourth-order valence-corrected chi connectivity index (χ4v) is 4.32. The summed E-state index contributed by atoms with van der Waals surface area (Å²) in [5, 5.41) is 14.3. The minimum Gasteiger partial charge on any atom is -0.326 e. The van der Waals surface area contributed by atoms with Gasteiger partial charge in [-0.15, -0.1) is 5.10 Å². The first-order valence-corrected chi connectivity index (χ1v) is 11.2. The molecule has 2 aromatic rings. The van der Waals surface area contributed by atoms with Gasteiger partial charge < -0.3 is 5.32 Å². The monoisotopic (exact) mass is 420 g/mol. The summed E-state index contributed by atoms with van der Waals surface area (Å²) in [6.45, 7) is 5.04. The maximum Gasteiger partial charge on any atom is 0.227 e. The predicted octanol–water partition coefficient (Wildman–Crippen LogP) is 2.09. The highest BCUT2D eigenvalue weighted by Gasteiger charge is 2.34. The summed E-state index contributed by atoms with van der Waals surface area (Å²) in [5.41, 5.74) is 1.58. The molecule has 1 aliphatic rings. The molecule has 1 heterocycles. The average molecular weight is 421 g/mol. The Hall–Kier alpha value is -2.33. The third kappa shape index (κ3) is 4.99. The molecule has 0 radical (unpaired) electrons. The molecule has 1 saturated carbocycles. The molecule has 9 nitrogen and oxygen atoms in total. The van der Waals surface area contributed by atoms with Crippen molar-refractivity contribution in [2.45, 2.75) is 57.2 Å². The molecule has 0 saturated heterocycles. The smallest absolute Gasteiger partial charge is 0.227 e. The number of amides is 1. The van der Waals surface area contributed by atoms with Crippen molar-refractivity contribution in [3.63, 3.8) is 0 Å². The fraction of sp³-hybridized carbons (Fsp3) is 0.579. The summed E-state index contributed by atoms with van der Waals surface area (Å²) in [5.74, 6) is 0.502. The second-order valence-electron chi connectivity index (χ2n) is 8.47. The summed E-state index contributed by atoms with van der Waals surface area (Å²) in [4.78, 5) is 12.6. The van der Waals surface area contributed by atoms with Crippen molar-refractivity contribution in [2.75, 3.05) is 5.32 Å². The second-order valence-corrected chi connectivity index (χ2v) is 10.9. The predicted molar refractivity (Wildman–Crippen MR) is 110 cm³/mol. The standard InChI is InChI=1S/C19H28N6O3S/c1-19(2,3)29(27,28)22-16-11-7-14(8-12-16)18(26)20-15-9-5-13(6-10-15)17-21-23-24-25(17)4/h5-6,9-10,14,16,22H,7-8,11-12H2,1-4H3,(H,20,26)/t14-,16-. The molecule has 0 atom stereocenters. The normalized spacial score (nSPS) is 20.4. The molecule has 1 aliphatic carbocycles. The number of aryl methyl sites for hydroxylation is 1. The molecule has 29 heavy (non-hydrogen) atoms. The maximum absolute atomic E-state index is 12.6. The molecule has 1 fully saturated rings. The van der Waals surface area contributed by atoms with Crippen molar-refractivity contribution in [1.82, 2.24) is 24.9 Å². The Kier molecular flexibility index (Phi) is 6.04. The highest BCUT2D eigenvalue weighted by molar-refractivity contribution is 7.90. The summed E-state index contributed by atoms with van der Waals surface area (Å²) >= 11 is 0. The van der Waals surface area contributed by atoms with Crippen LogP contribution in [0, 0.1) is 5.92 Å². The van der Waals surface area contributed by atoms with Gasteiger partial charge in [0.1, 0.15) is 0 Å². The first kappa shape index (κ1) is 21.4. The number of benzene rings is 1. The molecule has 2 N–H and O–H groups in total. The Morgan fingerprint density at radius 1 is 1.10 bits per heavy atom. The molecule has 0 aliphatic heterocycles. The molecule has 1 aromatic heterocycles. The van der Waals surface area contributed by atoms with Crippen LogP contribution in [-0.2, 0) is 21.9 Å². The summed E-state index contributed by atoms with van der Waals surface area (Å²) < 4.78 is 28.1. The molecule has 0 spiro atoms. The van der Waals surface area contributed by atoms with E-state index >= 15 is 0 Å². The van der Waals surface area contributed by atoms with Gasteiger partial charge in [-0.05, 0) is 81.1 Å². The molecule has 0 bridgehead atoms. The number of hydrogen-bond donors (Lipinski definition) is 2. The van der Waals surface area contributed by atoms with Gasteiger partial charge in [0.25, 0.3) is 0 Å². The van der Waals surface area contributed by atoms with E-state index in [-0.39, 0.29) is 17.9 Å². The molecule has 0 unspecified atom stereocenters. The van der Waals surface area contributed by atoms with Crippen molar-refractivity contribution in [1.29, 1.82) is 0 Å².